The van der Waals surface area contributed by atoms with Gasteiger partial charge in [-0.1, -0.05) is 40.2 Å². The summed E-state index contributed by atoms with van der Waals surface area (Å²) in [4.78, 5) is 12.3. The van der Waals surface area contributed by atoms with Gasteiger partial charge in [-0.05, 0) is 54.7 Å². The quantitative estimate of drug-likeness (QED) is 0.804. The number of amides is 2. The van der Waals surface area contributed by atoms with E-state index in [2.05, 4.69) is 26.6 Å². The van der Waals surface area contributed by atoms with E-state index in [-0.39, 0.29) is 23.9 Å². The van der Waals surface area contributed by atoms with E-state index in [1.807, 2.05) is 31.2 Å². The van der Waals surface area contributed by atoms with Crippen molar-refractivity contribution in [1.29, 1.82) is 0 Å². The van der Waals surface area contributed by atoms with Gasteiger partial charge in [0.2, 0.25) is 0 Å². The van der Waals surface area contributed by atoms with Crippen LogP contribution >= 0.6 is 15.9 Å². The van der Waals surface area contributed by atoms with E-state index in [1.165, 1.54) is 6.07 Å². The van der Waals surface area contributed by atoms with Crippen LogP contribution < -0.4 is 10.6 Å². The molecule has 0 radical (unpaired) electrons. The van der Waals surface area contributed by atoms with Gasteiger partial charge in [0.15, 0.2) is 0 Å². The molecule has 2 atom stereocenters. The summed E-state index contributed by atoms with van der Waals surface area (Å²) in [5, 5.41) is 5.94. The fourth-order valence-electron chi connectivity index (χ4n) is 3.04. The van der Waals surface area contributed by atoms with Crippen LogP contribution in [0.25, 0.3) is 0 Å². The third-order valence-corrected chi connectivity index (χ3v) is 4.93. The second-order valence-corrected chi connectivity index (χ2v) is 6.65. The maximum Gasteiger partial charge on any atom is 0.315 e. The Morgan fingerprint density at radius 3 is 2.87 bits per heavy atom. The van der Waals surface area contributed by atoms with E-state index in [0.717, 1.165) is 34.0 Å². The van der Waals surface area contributed by atoms with Crippen LogP contribution in [0.5, 0.6) is 0 Å². The van der Waals surface area contributed by atoms with Crippen LogP contribution in [0.4, 0.5) is 9.18 Å². The first kappa shape index (κ1) is 16.0. The Kier molecular flexibility index (Phi) is 4.66. The van der Waals surface area contributed by atoms with Crippen molar-refractivity contribution in [3.63, 3.8) is 0 Å². The Morgan fingerprint density at radius 2 is 2.09 bits per heavy atom. The monoisotopic (exact) mass is 376 g/mol. The zero-order valence-corrected chi connectivity index (χ0v) is 14.4. The molecule has 120 valence electrons. The number of aryl methyl sites for hydroxylation is 1. The van der Waals surface area contributed by atoms with Gasteiger partial charge in [-0.25, -0.2) is 9.18 Å². The predicted octanol–water partition coefficient (Wildman–Crippen LogP) is 4.64. The lowest BCUT2D eigenvalue weighted by molar-refractivity contribution is 0.234. The highest BCUT2D eigenvalue weighted by molar-refractivity contribution is 9.10. The van der Waals surface area contributed by atoms with Crippen molar-refractivity contribution in [3.8, 4) is 0 Å². The molecule has 0 spiro atoms. The lowest BCUT2D eigenvalue weighted by Gasteiger charge is -2.19. The molecular formula is C18H18BrFN2O. The third kappa shape index (κ3) is 3.55. The van der Waals surface area contributed by atoms with E-state index < -0.39 is 0 Å². The van der Waals surface area contributed by atoms with E-state index in [4.69, 9.17) is 0 Å². The maximum absolute atomic E-state index is 13.2. The van der Waals surface area contributed by atoms with Crippen molar-refractivity contribution in [3.05, 3.63) is 69.4 Å². The lowest BCUT2D eigenvalue weighted by atomic mass is 10.1. The summed E-state index contributed by atoms with van der Waals surface area (Å²) in [6.07, 6.45) is 1.59. The van der Waals surface area contributed by atoms with Crippen molar-refractivity contribution in [2.75, 3.05) is 0 Å². The molecule has 0 fully saturated rings. The molecule has 2 unspecified atom stereocenters. The zero-order chi connectivity index (χ0) is 16.4. The maximum atomic E-state index is 13.2. The number of hydrogen-bond acceptors (Lipinski definition) is 1. The second-order valence-electron chi connectivity index (χ2n) is 5.80. The summed E-state index contributed by atoms with van der Waals surface area (Å²) in [5.74, 6) is -0.226. The minimum Gasteiger partial charge on any atom is -0.332 e. The van der Waals surface area contributed by atoms with Crippen LogP contribution in [-0.2, 0) is 6.42 Å². The average molecular weight is 377 g/mol. The normalized spacial score (nSPS) is 17.4. The van der Waals surface area contributed by atoms with Gasteiger partial charge in [-0.2, -0.15) is 0 Å². The molecule has 0 saturated carbocycles. The number of rotatable bonds is 3. The van der Waals surface area contributed by atoms with Gasteiger partial charge in [0.05, 0.1) is 12.1 Å². The first-order valence-electron chi connectivity index (χ1n) is 7.64. The Morgan fingerprint density at radius 1 is 1.30 bits per heavy atom. The molecule has 2 aromatic carbocycles. The van der Waals surface area contributed by atoms with E-state index in [0.29, 0.717) is 0 Å². The summed E-state index contributed by atoms with van der Waals surface area (Å²) >= 11 is 3.50. The average Bonchev–Trinajstić information content (AvgIpc) is 2.89. The van der Waals surface area contributed by atoms with E-state index in [9.17, 15) is 9.18 Å². The highest BCUT2D eigenvalue weighted by Crippen LogP contribution is 2.31. The number of carbonyl (C=O) groups excluding carboxylic acids is 1. The number of carbonyl (C=O) groups is 1. The Bertz CT molecular complexity index is 735. The minimum atomic E-state index is -0.226. The molecule has 23 heavy (non-hydrogen) atoms. The molecular weight excluding hydrogens is 359 g/mol. The smallest absolute Gasteiger partial charge is 0.315 e. The van der Waals surface area contributed by atoms with Crippen LogP contribution in [-0.4, -0.2) is 6.03 Å². The summed E-state index contributed by atoms with van der Waals surface area (Å²) in [6, 6.07) is 12.2. The van der Waals surface area contributed by atoms with Crippen molar-refractivity contribution in [1.82, 2.24) is 10.6 Å². The van der Waals surface area contributed by atoms with Gasteiger partial charge in [0.1, 0.15) is 5.82 Å². The molecule has 2 N–H and O–H groups in total. The second kappa shape index (κ2) is 6.71. The van der Waals surface area contributed by atoms with E-state index in [1.54, 1.807) is 12.1 Å². The van der Waals surface area contributed by atoms with Gasteiger partial charge in [0, 0.05) is 4.47 Å². The molecule has 0 heterocycles. The minimum absolute atomic E-state index is 0.0583. The lowest BCUT2D eigenvalue weighted by Crippen LogP contribution is -2.38. The molecule has 1 aliphatic carbocycles. The molecule has 0 saturated heterocycles. The summed E-state index contributed by atoms with van der Waals surface area (Å²) in [5.41, 5.74) is 3.01. The summed E-state index contributed by atoms with van der Waals surface area (Å²) in [7, 11) is 0. The molecule has 0 aliphatic heterocycles. The molecule has 1 aliphatic rings. The predicted molar refractivity (Wildman–Crippen MR) is 91.7 cm³/mol. The molecule has 3 rings (SSSR count). The van der Waals surface area contributed by atoms with Crippen LogP contribution in [0.15, 0.2) is 46.9 Å². The van der Waals surface area contributed by atoms with Gasteiger partial charge in [-0.15, -0.1) is 0 Å². The molecule has 2 aromatic rings. The van der Waals surface area contributed by atoms with Crippen molar-refractivity contribution < 1.29 is 9.18 Å². The van der Waals surface area contributed by atoms with Crippen LogP contribution in [0, 0.1) is 5.82 Å². The highest BCUT2D eigenvalue weighted by Gasteiger charge is 2.24. The molecule has 2 amide bonds. The summed E-state index contributed by atoms with van der Waals surface area (Å²) < 4.78 is 14.2. The van der Waals surface area contributed by atoms with Gasteiger partial charge >= 0.3 is 6.03 Å². The van der Waals surface area contributed by atoms with Gasteiger partial charge in [-0.3, -0.25) is 0 Å². The largest absolute Gasteiger partial charge is 0.332 e. The number of hydrogen-bond donors (Lipinski definition) is 2. The molecule has 0 aromatic heterocycles. The SMILES string of the molecule is CC(NC(=O)NC1CCc2cc(F)ccc21)c1ccccc1Br. The standard InChI is InChI=1S/C18H18BrFN2O/c1-11(14-4-2-3-5-16(14)19)21-18(23)22-17-9-6-12-10-13(20)7-8-15(12)17/h2-5,7-8,10-11,17H,6,9H2,1H3,(H2,21,22,23). The molecule has 0 bridgehead atoms. The molecule has 3 nitrogen and oxygen atoms in total. The zero-order valence-electron chi connectivity index (χ0n) is 12.8. The Balaban J connectivity index is 1.64. The number of benzene rings is 2. The van der Waals surface area contributed by atoms with Crippen molar-refractivity contribution in [2.24, 2.45) is 0 Å². The highest BCUT2D eigenvalue weighted by atomic mass is 79.9. The van der Waals surface area contributed by atoms with Crippen LogP contribution in [0.3, 0.4) is 0 Å². The number of nitrogens with one attached hydrogen (secondary N) is 2. The number of fused-ring (bicyclic) bond motifs is 1. The number of halogens is 2. The fourth-order valence-corrected chi connectivity index (χ4v) is 3.66. The van der Waals surface area contributed by atoms with Gasteiger partial charge in [0.25, 0.3) is 0 Å². The molecule has 5 heteroatoms. The fraction of sp³-hybridized carbons (Fsp3) is 0.278. The number of urea groups is 1. The van der Waals surface area contributed by atoms with E-state index >= 15 is 0 Å². The topological polar surface area (TPSA) is 41.1 Å². The third-order valence-electron chi connectivity index (χ3n) is 4.21. The van der Waals surface area contributed by atoms with Crippen molar-refractivity contribution >= 4 is 22.0 Å². The Hall–Kier alpha value is -1.88. The first-order chi connectivity index (χ1) is 11.0. The first-order valence-corrected chi connectivity index (χ1v) is 8.43. The van der Waals surface area contributed by atoms with Gasteiger partial charge < -0.3 is 10.6 Å². The van der Waals surface area contributed by atoms with Crippen LogP contribution in [0.1, 0.15) is 42.1 Å². The van der Waals surface area contributed by atoms with Crippen molar-refractivity contribution in [2.45, 2.75) is 31.8 Å². The summed E-state index contributed by atoms with van der Waals surface area (Å²) in [6.45, 7) is 1.94. The Labute approximate surface area is 143 Å². The van der Waals surface area contributed by atoms with Crippen LogP contribution in [0.2, 0.25) is 0 Å².